The summed E-state index contributed by atoms with van der Waals surface area (Å²) >= 11 is 1.39. The van der Waals surface area contributed by atoms with Crippen molar-refractivity contribution in [1.82, 2.24) is 15.3 Å². The molecule has 0 radical (unpaired) electrons. The normalized spacial score (nSPS) is 16.6. The van der Waals surface area contributed by atoms with Gasteiger partial charge < -0.3 is 15.0 Å². The van der Waals surface area contributed by atoms with E-state index >= 15 is 0 Å². The van der Waals surface area contributed by atoms with Crippen molar-refractivity contribution in [2.24, 2.45) is 5.92 Å². The minimum atomic E-state index is -0.147. The Balaban J connectivity index is 1.67. The van der Waals surface area contributed by atoms with Gasteiger partial charge in [0, 0.05) is 30.6 Å². The van der Waals surface area contributed by atoms with E-state index in [1.807, 2.05) is 41.5 Å². The third-order valence-electron chi connectivity index (χ3n) is 5.44. The van der Waals surface area contributed by atoms with Gasteiger partial charge in [-0.1, -0.05) is 19.1 Å². The Labute approximate surface area is 179 Å². The lowest BCUT2D eigenvalue weighted by Crippen LogP contribution is -2.44. The summed E-state index contributed by atoms with van der Waals surface area (Å²) in [5.41, 5.74) is 2.41. The van der Waals surface area contributed by atoms with Gasteiger partial charge in [-0.25, -0.2) is 4.98 Å². The van der Waals surface area contributed by atoms with Crippen LogP contribution in [-0.4, -0.2) is 42.6 Å². The quantitative estimate of drug-likeness (QED) is 0.631. The van der Waals surface area contributed by atoms with E-state index in [1.54, 1.807) is 7.11 Å². The lowest BCUT2D eigenvalue weighted by Gasteiger charge is -2.32. The van der Waals surface area contributed by atoms with Crippen LogP contribution in [0.15, 0.2) is 34.4 Å². The highest BCUT2D eigenvalue weighted by molar-refractivity contribution is 7.17. The first kappa shape index (κ1) is 20.4. The number of thiophene rings is 1. The van der Waals surface area contributed by atoms with Crippen LogP contribution in [0.2, 0.25) is 0 Å². The number of nitrogens with zero attached hydrogens (tertiary/aromatic N) is 2. The van der Waals surface area contributed by atoms with Crippen LogP contribution in [0.1, 0.15) is 26.2 Å². The molecule has 3 heterocycles. The maximum absolute atomic E-state index is 12.8. The molecule has 1 atom stereocenters. The van der Waals surface area contributed by atoms with Crippen molar-refractivity contribution >= 4 is 33.4 Å². The Kier molecular flexibility index (Phi) is 6.03. The molecule has 8 heteroatoms. The molecule has 158 valence electrons. The first-order valence-corrected chi connectivity index (χ1v) is 11.2. The average Bonchev–Trinajstić information content (AvgIpc) is 3.22. The summed E-state index contributed by atoms with van der Waals surface area (Å²) in [5.74, 6) is 1.28. The van der Waals surface area contributed by atoms with Crippen molar-refractivity contribution in [3.05, 3.63) is 40.0 Å². The predicted octanol–water partition coefficient (Wildman–Crippen LogP) is 3.40. The van der Waals surface area contributed by atoms with Crippen LogP contribution in [0.25, 0.3) is 21.3 Å². The maximum Gasteiger partial charge on any atom is 0.270 e. The Hall–Kier alpha value is -2.87. The topological polar surface area (TPSA) is 87.3 Å². The van der Waals surface area contributed by atoms with Crippen molar-refractivity contribution in [3.63, 3.8) is 0 Å². The summed E-state index contributed by atoms with van der Waals surface area (Å²) in [6.07, 6.45) is 2.66. The molecule has 1 fully saturated rings. The second-order valence-electron chi connectivity index (χ2n) is 7.52. The number of hydrogen-bond acceptors (Lipinski definition) is 6. The first-order chi connectivity index (χ1) is 14.6. The van der Waals surface area contributed by atoms with E-state index < -0.39 is 0 Å². The Morgan fingerprint density at radius 1 is 1.43 bits per heavy atom. The highest BCUT2D eigenvalue weighted by Crippen LogP contribution is 2.33. The number of amides is 1. The van der Waals surface area contributed by atoms with Gasteiger partial charge in [-0.2, -0.15) is 0 Å². The lowest BCUT2D eigenvalue weighted by molar-refractivity contribution is -0.125. The number of aromatic nitrogens is 2. The van der Waals surface area contributed by atoms with Gasteiger partial charge >= 0.3 is 0 Å². The van der Waals surface area contributed by atoms with Crippen molar-refractivity contribution in [1.29, 1.82) is 0 Å². The van der Waals surface area contributed by atoms with Crippen molar-refractivity contribution in [3.8, 4) is 16.9 Å². The number of methoxy groups -OCH3 is 1. The number of ether oxygens (including phenoxy) is 1. The highest BCUT2D eigenvalue weighted by atomic mass is 32.1. The fourth-order valence-electron chi connectivity index (χ4n) is 3.84. The van der Waals surface area contributed by atoms with E-state index in [4.69, 9.17) is 9.72 Å². The van der Waals surface area contributed by atoms with Gasteiger partial charge in [-0.05, 0) is 37.0 Å². The van der Waals surface area contributed by atoms with E-state index in [9.17, 15) is 9.59 Å². The minimum absolute atomic E-state index is 0.0811. The molecule has 1 aliphatic rings. The van der Waals surface area contributed by atoms with E-state index in [2.05, 4.69) is 10.3 Å². The molecule has 1 aliphatic heterocycles. The summed E-state index contributed by atoms with van der Waals surface area (Å²) in [6, 6.07) is 7.75. The molecule has 30 heavy (non-hydrogen) atoms. The van der Waals surface area contributed by atoms with E-state index in [0.29, 0.717) is 29.3 Å². The fourth-order valence-corrected chi connectivity index (χ4v) is 4.75. The zero-order valence-corrected chi connectivity index (χ0v) is 18.1. The Morgan fingerprint density at radius 2 is 2.30 bits per heavy atom. The summed E-state index contributed by atoms with van der Waals surface area (Å²) < 4.78 is 5.94. The number of anilines is 1. The van der Waals surface area contributed by atoms with E-state index in [1.165, 1.54) is 11.3 Å². The molecule has 0 aliphatic carbocycles. The van der Waals surface area contributed by atoms with Gasteiger partial charge in [0.05, 0.1) is 18.5 Å². The standard InChI is InChI=1S/C22H26N4O3S/c1-3-9-23-20(27)15-7-5-10-26(12-15)22-24-18-17(13-30-19(18)21(28)25-22)14-6-4-8-16(11-14)29-2/h4,6,8,11,13,15H,3,5,7,9-10,12H2,1-2H3,(H,23,27)(H,24,25,28)/t15-/m0/s1. The SMILES string of the molecule is CCCNC(=O)[C@H]1CCCN(c2nc3c(-c4cccc(OC)c4)csc3c(=O)[nH]2)C1. The summed E-state index contributed by atoms with van der Waals surface area (Å²) in [4.78, 5) is 34.9. The van der Waals surface area contributed by atoms with Crippen molar-refractivity contribution in [2.75, 3.05) is 31.6 Å². The molecule has 1 amide bonds. The number of rotatable bonds is 6. The molecule has 4 rings (SSSR count). The van der Waals surface area contributed by atoms with Crippen LogP contribution in [0.5, 0.6) is 5.75 Å². The number of aromatic amines is 1. The molecule has 0 bridgehead atoms. The Bertz CT molecular complexity index is 1110. The molecule has 2 N–H and O–H groups in total. The monoisotopic (exact) mass is 426 g/mol. The fraction of sp³-hybridized carbons (Fsp3) is 0.409. The van der Waals surface area contributed by atoms with Crippen molar-refractivity contribution in [2.45, 2.75) is 26.2 Å². The molecule has 1 aromatic carbocycles. The van der Waals surface area contributed by atoms with Gasteiger partial charge in [0.15, 0.2) is 0 Å². The molecular formula is C22H26N4O3S. The van der Waals surface area contributed by atoms with Crippen LogP contribution in [0.4, 0.5) is 5.95 Å². The van der Waals surface area contributed by atoms with Gasteiger partial charge in [0.2, 0.25) is 11.9 Å². The van der Waals surface area contributed by atoms with Gasteiger partial charge in [-0.15, -0.1) is 11.3 Å². The Morgan fingerprint density at radius 3 is 3.10 bits per heavy atom. The van der Waals surface area contributed by atoms with Crippen LogP contribution in [0, 0.1) is 5.92 Å². The zero-order chi connectivity index (χ0) is 21.1. The molecule has 0 saturated carbocycles. The van der Waals surface area contributed by atoms with Crippen molar-refractivity contribution < 1.29 is 9.53 Å². The molecular weight excluding hydrogens is 400 g/mol. The molecule has 7 nitrogen and oxygen atoms in total. The number of benzene rings is 1. The van der Waals surface area contributed by atoms with Gasteiger partial charge in [-0.3, -0.25) is 14.6 Å². The van der Waals surface area contributed by atoms with Crippen LogP contribution < -0.4 is 20.5 Å². The summed E-state index contributed by atoms with van der Waals surface area (Å²) in [5, 5.41) is 4.95. The molecule has 2 aromatic heterocycles. The maximum atomic E-state index is 12.8. The molecule has 0 unspecified atom stereocenters. The number of carbonyl (C=O) groups is 1. The number of nitrogens with one attached hydrogen (secondary N) is 2. The predicted molar refractivity (Wildman–Crippen MR) is 120 cm³/mol. The third kappa shape index (κ3) is 4.05. The zero-order valence-electron chi connectivity index (χ0n) is 17.2. The first-order valence-electron chi connectivity index (χ1n) is 10.3. The number of hydrogen-bond donors (Lipinski definition) is 2. The largest absolute Gasteiger partial charge is 0.497 e. The summed E-state index contributed by atoms with van der Waals surface area (Å²) in [7, 11) is 1.63. The van der Waals surface area contributed by atoms with E-state index in [-0.39, 0.29) is 17.4 Å². The van der Waals surface area contributed by atoms with Crippen LogP contribution in [0.3, 0.4) is 0 Å². The second-order valence-corrected chi connectivity index (χ2v) is 8.40. The highest BCUT2D eigenvalue weighted by Gasteiger charge is 2.27. The molecule has 1 saturated heterocycles. The van der Waals surface area contributed by atoms with Crippen LogP contribution in [-0.2, 0) is 4.79 Å². The molecule has 3 aromatic rings. The summed E-state index contributed by atoms with van der Waals surface area (Å²) in [6.45, 7) is 4.06. The molecule has 0 spiro atoms. The second kappa shape index (κ2) is 8.87. The lowest BCUT2D eigenvalue weighted by atomic mass is 9.97. The average molecular weight is 427 g/mol. The minimum Gasteiger partial charge on any atom is -0.497 e. The van der Waals surface area contributed by atoms with Crippen LogP contribution >= 0.6 is 11.3 Å². The number of piperidine rings is 1. The number of fused-ring (bicyclic) bond motifs is 1. The third-order valence-corrected chi connectivity index (χ3v) is 6.40. The number of H-pyrrole nitrogens is 1. The van der Waals surface area contributed by atoms with Gasteiger partial charge in [0.1, 0.15) is 10.4 Å². The number of carbonyl (C=O) groups excluding carboxylic acids is 1. The van der Waals surface area contributed by atoms with E-state index in [0.717, 1.165) is 42.7 Å². The van der Waals surface area contributed by atoms with Gasteiger partial charge in [0.25, 0.3) is 5.56 Å². The smallest absolute Gasteiger partial charge is 0.270 e.